The zero-order chi connectivity index (χ0) is 11.8. The van der Waals surface area contributed by atoms with Gasteiger partial charge in [-0.1, -0.05) is 12.1 Å². The van der Waals surface area contributed by atoms with E-state index < -0.39 is 15.9 Å². The highest BCUT2D eigenvalue weighted by Gasteiger charge is 2.37. The fourth-order valence-corrected chi connectivity index (χ4v) is 5.23. The van der Waals surface area contributed by atoms with E-state index in [1.165, 1.54) is 11.8 Å². The predicted octanol–water partition coefficient (Wildman–Crippen LogP) is 0.519. The quantitative estimate of drug-likeness (QED) is 0.757. The highest BCUT2D eigenvalue weighted by atomic mass is 32.2. The molecule has 0 unspecified atom stereocenters. The van der Waals surface area contributed by atoms with Crippen LogP contribution in [0.2, 0.25) is 0 Å². The maximum Gasteiger partial charge on any atom is 0.154 e. The lowest BCUT2D eigenvalue weighted by Gasteiger charge is -2.13. The van der Waals surface area contributed by atoms with E-state index in [1.807, 2.05) is 18.2 Å². The number of para-hydroxylation sites is 1. The van der Waals surface area contributed by atoms with Crippen molar-refractivity contribution in [2.24, 2.45) is 0 Å². The number of aliphatic hydroxyl groups is 1. The number of aliphatic hydroxyl groups excluding tert-OH is 1. The van der Waals surface area contributed by atoms with Crippen LogP contribution in [0.3, 0.4) is 0 Å². The van der Waals surface area contributed by atoms with Gasteiger partial charge in [0.1, 0.15) is 0 Å². The van der Waals surface area contributed by atoms with Gasteiger partial charge < -0.3 is 10.8 Å². The Kier molecular flexibility index (Phi) is 3.14. The molecular formula is C10H13NO3S2. The van der Waals surface area contributed by atoms with Crippen molar-refractivity contribution in [3.63, 3.8) is 0 Å². The van der Waals surface area contributed by atoms with Crippen molar-refractivity contribution in [2.45, 2.75) is 16.2 Å². The summed E-state index contributed by atoms with van der Waals surface area (Å²) in [5.74, 6) is -0.120. The normalized spacial score (nSPS) is 28.1. The molecule has 0 aliphatic carbocycles. The molecule has 0 bridgehead atoms. The molecule has 1 aliphatic heterocycles. The molecule has 1 aliphatic rings. The van der Waals surface area contributed by atoms with Gasteiger partial charge in [0.15, 0.2) is 9.84 Å². The maximum atomic E-state index is 11.3. The van der Waals surface area contributed by atoms with E-state index in [1.54, 1.807) is 6.07 Å². The smallest absolute Gasteiger partial charge is 0.154 e. The van der Waals surface area contributed by atoms with E-state index in [9.17, 15) is 13.5 Å². The SMILES string of the molecule is Nc1ccccc1S[C@@H]1CS(=O)(=O)C[C@H]1O. The molecule has 0 saturated carbocycles. The van der Waals surface area contributed by atoms with Gasteiger partial charge in [-0.15, -0.1) is 11.8 Å². The monoisotopic (exact) mass is 259 g/mol. The molecule has 1 saturated heterocycles. The molecule has 1 heterocycles. The number of benzene rings is 1. The summed E-state index contributed by atoms with van der Waals surface area (Å²) in [6.45, 7) is 0. The second kappa shape index (κ2) is 4.27. The molecule has 16 heavy (non-hydrogen) atoms. The Bertz CT molecular complexity index is 487. The summed E-state index contributed by atoms with van der Waals surface area (Å²) < 4.78 is 22.6. The third kappa shape index (κ3) is 2.50. The molecule has 0 spiro atoms. The van der Waals surface area contributed by atoms with Crippen LogP contribution in [0.15, 0.2) is 29.2 Å². The minimum atomic E-state index is -3.09. The van der Waals surface area contributed by atoms with Crippen LogP contribution in [0.4, 0.5) is 5.69 Å². The lowest BCUT2D eigenvalue weighted by atomic mass is 10.3. The van der Waals surface area contributed by atoms with Crippen LogP contribution in [-0.4, -0.2) is 36.4 Å². The van der Waals surface area contributed by atoms with E-state index >= 15 is 0 Å². The molecule has 1 aromatic rings. The van der Waals surface area contributed by atoms with Crippen LogP contribution >= 0.6 is 11.8 Å². The molecule has 4 nitrogen and oxygen atoms in total. The van der Waals surface area contributed by atoms with Gasteiger partial charge >= 0.3 is 0 Å². The largest absolute Gasteiger partial charge is 0.398 e. The summed E-state index contributed by atoms with van der Waals surface area (Å²) in [4.78, 5) is 0.823. The molecule has 2 atom stereocenters. The van der Waals surface area contributed by atoms with Crippen molar-refractivity contribution in [2.75, 3.05) is 17.2 Å². The second-order valence-electron chi connectivity index (χ2n) is 3.84. The van der Waals surface area contributed by atoms with Gasteiger partial charge in [-0.05, 0) is 12.1 Å². The number of hydrogen-bond donors (Lipinski definition) is 2. The van der Waals surface area contributed by atoms with E-state index in [2.05, 4.69) is 0 Å². The second-order valence-corrected chi connectivity index (χ2v) is 7.27. The van der Waals surface area contributed by atoms with Crippen molar-refractivity contribution < 1.29 is 13.5 Å². The van der Waals surface area contributed by atoms with Crippen LogP contribution in [0.1, 0.15) is 0 Å². The first-order chi connectivity index (χ1) is 7.48. The lowest BCUT2D eigenvalue weighted by Crippen LogP contribution is -2.20. The van der Waals surface area contributed by atoms with Crippen LogP contribution < -0.4 is 5.73 Å². The Balaban J connectivity index is 2.15. The van der Waals surface area contributed by atoms with Crippen LogP contribution in [0, 0.1) is 0 Å². The summed E-state index contributed by atoms with van der Waals surface area (Å²) in [5, 5.41) is 9.33. The Labute approximate surface area is 98.8 Å². The standard InChI is InChI=1S/C10H13NO3S2/c11-7-3-1-2-4-9(7)15-10-6-16(13,14)5-8(10)12/h1-4,8,10,12H,5-6,11H2/t8-,10-/m1/s1. The molecule has 0 radical (unpaired) electrons. The number of rotatable bonds is 2. The van der Waals surface area contributed by atoms with Gasteiger partial charge in [0.05, 0.1) is 22.9 Å². The Morgan fingerprint density at radius 3 is 2.56 bits per heavy atom. The van der Waals surface area contributed by atoms with E-state index in [-0.39, 0.29) is 16.8 Å². The summed E-state index contributed by atoms with van der Waals surface area (Å²) in [6.07, 6.45) is -0.797. The van der Waals surface area contributed by atoms with Crippen LogP contribution in [-0.2, 0) is 9.84 Å². The van der Waals surface area contributed by atoms with E-state index in [4.69, 9.17) is 5.73 Å². The third-order valence-corrected chi connectivity index (χ3v) is 5.81. The molecular weight excluding hydrogens is 246 g/mol. The van der Waals surface area contributed by atoms with Gasteiger partial charge in [-0.3, -0.25) is 0 Å². The van der Waals surface area contributed by atoms with Crippen molar-refractivity contribution in [3.8, 4) is 0 Å². The molecule has 0 amide bonds. The average molecular weight is 259 g/mol. The topological polar surface area (TPSA) is 80.4 Å². The summed E-state index contributed by atoms with van der Waals surface area (Å²) in [6, 6.07) is 7.26. The average Bonchev–Trinajstić information content (AvgIpc) is 2.44. The molecule has 1 aromatic carbocycles. The van der Waals surface area contributed by atoms with Crippen molar-refractivity contribution in [1.29, 1.82) is 0 Å². The molecule has 88 valence electrons. The fourth-order valence-electron chi connectivity index (χ4n) is 1.66. The summed E-state index contributed by atoms with van der Waals surface area (Å²) in [5.41, 5.74) is 6.37. The first-order valence-electron chi connectivity index (χ1n) is 4.87. The fraction of sp³-hybridized carbons (Fsp3) is 0.400. The van der Waals surface area contributed by atoms with Crippen LogP contribution in [0.25, 0.3) is 0 Å². The first kappa shape index (κ1) is 11.8. The number of nitrogens with two attached hydrogens (primary N) is 1. The van der Waals surface area contributed by atoms with Crippen molar-refractivity contribution in [1.82, 2.24) is 0 Å². The lowest BCUT2D eigenvalue weighted by molar-refractivity contribution is 0.207. The molecule has 3 N–H and O–H groups in total. The van der Waals surface area contributed by atoms with Crippen molar-refractivity contribution >= 4 is 27.3 Å². The summed E-state index contributed by atoms with van der Waals surface area (Å²) in [7, 11) is -3.09. The van der Waals surface area contributed by atoms with Gasteiger partial charge in [0, 0.05) is 10.6 Å². The third-order valence-electron chi connectivity index (χ3n) is 2.47. The Hall–Kier alpha value is -0.720. The molecule has 2 rings (SSSR count). The van der Waals surface area contributed by atoms with Crippen molar-refractivity contribution in [3.05, 3.63) is 24.3 Å². The number of anilines is 1. The van der Waals surface area contributed by atoms with E-state index in [0.717, 1.165) is 4.90 Å². The number of thioether (sulfide) groups is 1. The van der Waals surface area contributed by atoms with Crippen LogP contribution in [0.5, 0.6) is 0 Å². The zero-order valence-electron chi connectivity index (χ0n) is 8.54. The predicted molar refractivity (Wildman–Crippen MR) is 65.2 cm³/mol. The Morgan fingerprint density at radius 1 is 1.31 bits per heavy atom. The molecule has 0 aromatic heterocycles. The van der Waals surface area contributed by atoms with Gasteiger partial charge in [0.25, 0.3) is 0 Å². The van der Waals surface area contributed by atoms with Gasteiger partial charge in [0.2, 0.25) is 0 Å². The highest BCUT2D eigenvalue weighted by Crippen LogP contribution is 2.34. The highest BCUT2D eigenvalue weighted by molar-refractivity contribution is 8.02. The van der Waals surface area contributed by atoms with E-state index in [0.29, 0.717) is 5.69 Å². The molecule has 6 heteroatoms. The minimum absolute atomic E-state index is 0.0210. The number of sulfone groups is 1. The molecule has 1 fully saturated rings. The number of hydrogen-bond acceptors (Lipinski definition) is 5. The van der Waals surface area contributed by atoms with Gasteiger partial charge in [-0.25, -0.2) is 8.42 Å². The summed E-state index contributed by atoms with van der Waals surface area (Å²) >= 11 is 1.33. The number of nitrogen functional groups attached to an aromatic ring is 1. The Morgan fingerprint density at radius 2 is 2.00 bits per heavy atom. The van der Waals surface area contributed by atoms with Gasteiger partial charge in [-0.2, -0.15) is 0 Å². The first-order valence-corrected chi connectivity index (χ1v) is 7.58. The maximum absolute atomic E-state index is 11.3. The minimum Gasteiger partial charge on any atom is -0.398 e. The zero-order valence-corrected chi connectivity index (χ0v) is 10.2.